The summed E-state index contributed by atoms with van der Waals surface area (Å²) in [6.07, 6.45) is 0. The number of aryl methyl sites for hydroxylation is 3. The van der Waals surface area contributed by atoms with Crippen LogP contribution in [0.2, 0.25) is 10.0 Å². The van der Waals surface area contributed by atoms with E-state index in [4.69, 9.17) is 27.6 Å². The van der Waals surface area contributed by atoms with Crippen molar-refractivity contribution in [3.63, 3.8) is 0 Å². The van der Waals surface area contributed by atoms with Crippen molar-refractivity contribution in [1.29, 1.82) is 0 Å². The number of hydrogen-bond donors (Lipinski definition) is 0. The summed E-state index contributed by atoms with van der Waals surface area (Å²) in [5, 5.41) is 2.30. The minimum atomic E-state index is 0.576. The molecule has 74 valence electrons. The van der Waals surface area contributed by atoms with Crippen LogP contribution < -0.4 is 0 Å². The fourth-order valence-corrected chi connectivity index (χ4v) is 2.15. The molecule has 0 fully saturated rings. The van der Waals surface area contributed by atoms with Crippen LogP contribution in [0.1, 0.15) is 16.9 Å². The third kappa shape index (κ3) is 1.23. The average molecular weight is 229 g/mol. The van der Waals surface area contributed by atoms with Crippen molar-refractivity contribution in [3.05, 3.63) is 33.0 Å². The average Bonchev–Trinajstić information content (AvgIpc) is 2.41. The van der Waals surface area contributed by atoms with E-state index in [2.05, 4.69) is 0 Å². The minimum Gasteiger partial charge on any atom is -0.460 e. The molecule has 0 radical (unpaired) electrons. The van der Waals surface area contributed by atoms with E-state index < -0.39 is 0 Å². The quantitative estimate of drug-likeness (QED) is 0.640. The van der Waals surface area contributed by atoms with Gasteiger partial charge in [-0.15, -0.1) is 0 Å². The van der Waals surface area contributed by atoms with Crippen LogP contribution in [0, 0.1) is 20.8 Å². The standard InChI is InChI=1S/C11H10Cl2O/c1-5-7(3)14-11-9(13)4-8(12)6(2)10(5)11/h4H,1-3H3. The first kappa shape index (κ1) is 9.88. The molecule has 0 aliphatic rings. The second-order valence-corrected chi connectivity index (χ2v) is 4.27. The minimum absolute atomic E-state index is 0.576. The maximum absolute atomic E-state index is 6.05. The monoisotopic (exact) mass is 228 g/mol. The van der Waals surface area contributed by atoms with Gasteiger partial charge in [-0.25, -0.2) is 0 Å². The zero-order valence-electron chi connectivity index (χ0n) is 8.24. The lowest BCUT2D eigenvalue weighted by atomic mass is 10.1. The van der Waals surface area contributed by atoms with E-state index in [1.807, 2.05) is 20.8 Å². The van der Waals surface area contributed by atoms with Crippen molar-refractivity contribution in [1.82, 2.24) is 0 Å². The van der Waals surface area contributed by atoms with E-state index in [-0.39, 0.29) is 0 Å². The Balaban J connectivity index is 3.03. The van der Waals surface area contributed by atoms with Crippen LogP contribution in [-0.2, 0) is 0 Å². The third-order valence-corrected chi connectivity index (χ3v) is 3.26. The van der Waals surface area contributed by atoms with Gasteiger partial charge in [0.15, 0.2) is 5.58 Å². The Bertz CT molecular complexity index is 512. The van der Waals surface area contributed by atoms with E-state index in [1.54, 1.807) is 6.07 Å². The van der Waals surface area contributed by atoms with Crippen LogP contribution >= 0.6 is 23.2 Å². The van der Waals surface area contributed by atoms with Gasteiger partial charge in [-0.05, 0) is 38.0 Å². The first-order valence-corrected chi connectivity index (χ1v) is 5.12. The van der Waals surface area contributed by atoms with Crippen LogP contribution in [0.25, 0.3) is 11.0 Å². The molecule has 2 aromatic rings. The number of benzene rings is 1. The molecule has 14 heavy (non-hydrogen) atoms. The van der Waals surface area contributed by atoms with Crippen molar-refractivity contribution >= 4 is 34.2 Å². The van der Waals surface area contributed by atoms with Gasteiger partial charge in [0, 0.05) is 10.4 Å². The van der Waals surface area contributed by atoms with E-state index in [0.717, 1.165) is 27.9 Å². The molecule has 0 unspecified atom stereocenters. The molecule has 3 heteroatoms. The van der Waals surface area contributed by atoms with Crippen molar-refractivity contribution in [2.45, 2.75) is 20.8 Å². The van der Waals surface area contributed by atoms with Crippen molar-refractivity contribution in [2.75, 3.05) is 0 Å². The molecular weight excluding hydrogens is 219 g/mol. The van der Waals surface area contributed by atoms with Crippen molar-refractivity contribution in [3.8, 4) is 0 Å². The molecule has 1 aromatic heterocycles. The van der Waals surface area contributed by atoms with Gasteiger partial charge in [-0.3, -0.25) is 0 Å². The third-order valence-electron chi connectivity index (χ3n) is 2.59. The summed E-state index contributed by atoms with van der Waals surface area (Å²) in [5.41, 5.74) is 2.88. The summed E-state index contributed by atoms with van der Waals surface area (Å²) >= 11 is 12.1. The summed E-state index contributed by atoms with van der Waals surface area (Å²) in [4.78, 5) is 0. The number of hydrogen-bond acceptors (Lipinski definition) is 1. The molecule has 2 rings (SSSR count). The Morgan fingerprint density at radius 3 is 2.29 bits per heavy atom. The molecule has 1 nitrogen and oxygen atoms in total. The molecule has 0 aliphatic heterocycles. The summed E-state index contributed by atoms with van der Waals surface area (Å²) in [6, 6.07) is 1.73. The largest absolute Gasteiger partial charge is 0.460 e. The Hall–Kier alpha value is -0.660. The molecule has 0 saturated carbocycles. The topological polar surface area (TPSA) is 13.1 Å². The Morgan fingerprint density at radius 2 is 1.64 bits per heavy atom. The molecule has 0 atom stereocenters. The first-order valence-electron chi connectivity index (χ1n) is 4.36. The predicted octanol–water partition coefficient (Wildman–Crippen LogP) is 4.66. The molecule has 1 heterocycles. The lowest BCUT2D eigenvalue weighted by molar-refractivity contribution is 0.575. The molecule has 0 amide bonds. The van der Waals surface area contributed by atoms with Crippen LogP contribution in [0.5, 0.6) is 0 Å². The Morgan fingerprint density at radius 1 is 1.00 bits per heavy atom. The van der Waals surface area contributed by atoms with Gasteiger partial charge in [-0.2, -0.15) is 0 Å². The highest BCUT2D eigenvalue weighted by Crippen LogP contribution is 2.36. The summed E-state index contributed by atoms with van der Waals surface area (Å²) in [7, 11) is 0. The van der Waals surface area contributed by atoms with Gasteiger partial charge in [0.1, 0.15) is 5.76 Å². The second-order valence-electron chi connectivity index (χ2n) is 3.45. The lowest BCUT2D eigenvalue weighted by Crippen LogP contribution is -1.80. The maximum atomic E-state index is 6.05. The van der Waals surface area contributed by atoms with Crippen molar-refractivity contribution in [2.24, 2.45) is 0 Å². The van der Waals surface area contributed by atoms with Crippen LogP contribution in [0.4, 0.5) is 0 Å². The first-order chi connectivity index (χ1) is 6.52. The number of halogens is 2. The smallest absolute Gasteiger partial charge is 0.153 e. The molecule has 0 spiro atoms. The van der Waals surface area contributed by atoms with E-state index in [9.17, 15) is 0 Å². The second kappa shape index (κ2) is 3.18. The number of furan rings is 1. The van der Waals surface area contributed by atoms with Gasteiger partial charge in [0.05, 0.1) is 5.02 Å². The number of rotatable bonds is 0. The van der Waals surface area contributed by atoms with Crippen LogP contribution in [0.3, 0.4) is 0 Å². The zero-order valence-corrected chi connectivity index (χ0v) is 9.75. The zero-order chi connectivity index (χ0) is 10.5. The van der Waals surface area contributed by atoms with E-state index in [1.165, 1.54) is 0 Å². The van der Waals surface area contributed by atoms with Gasteiger partial charge in [-0.1, -0.05) is 23.2 Å². The lowest BCUT2D eigenvalue weighted by Gasteiger charge is -2.01. The van der Waals surface area contributed by atoms with Gasteiger partial charge in [0.25, 0.3) is 0 Å². The predicted molar refractivity (Wildman–Crippen MR) is 60.4 cm³/mol. The van der Waals surface area contributed by atoms with Crippen LogP contribution in [-0.4, -0.2) is 0 Å². The molecule has 1 aromatic carbocycles. The molecule has 0 saturated heterocycles. The van der Waals surface area contributed by atoms with Crippen LogP contribution in [0.15, 0.2) is 10.5 Å². The molecule has 0 aliphatic carbocycles. The van der Waals surface area contributed by atoms with Gasteiger partial charge >= 0.3 is 0 Å². The Kier molecular flexibility index (Phi) is 2.24. The fraction of sp³-hybridized carbons (Fsp3) is 0.273. The SMILES string of the molecule is Cc1oc2c(Cl)cc(Cl)c(C)c2c1C. The summed E-state index contributed by atoms with van der Waals surface area (Å²) < 4.78 is 5.57. The highest BCUT2D eigenvalue weighted by Gasteiger charge is 2.14. The van der Waals surface area contributed by atoms with Gasteiger partial charge < -0.3 is 4.42 Å². The van der Waals surface area contributed by atoms with Gasteiger partial charge in [0.2, 0.25) is 0 Å². The van der Waals surface area contributed by atoms with E-state index in [0.29, 0.717) is 10.0 Å². The maximum Gasteiger partial charge on any atom is 0.153 e. The van der Waals surface area contributed by atoms with E-state index >= 15 is 0 Å². The molecule has 0 N–H and O–H groups in total. The fourth-order valence-electron chi connectivity index (χ4n) is 1.65. The van der Waals surface area contributed by atoms with Crippen molar-refractivity contribution < 1.29 is 4.42 Å². The highest BCUT2D eigenvalue weighted by atomic mass is 35.5. The summed E-state index contributed by atoms with van der Waals surface area (Å²) in [5.74, 6) is 0.896. The number of fused-ring (bicyclic) bond motifs is 1. The molecule has 0 bridgehead atoms. The normalized spacial score (nSPS) is 11.2. The summed E-state index contributed by atoms with van der Waals surface area (Å²) in [6.45, 7) is 5.92. The highest BCUT2D eigenvalue weighted by molar-refractivity contribution is 6.38. The molecular formula is C11H10Cl2O. The Labute approximate surface area is 92.6 Å².